The van der Waals surface area contributed by atoms with Gasteiger partial charge in [0.15, 0.2) is 5.03 Å². The van der Waals surface area contributed by atoms with Gasteiger partial charge >= 0.3 is 0 Å². The summed E-state index contributed by atoms with van der Waals surface area (Å²) in [7, 11) is -3.66. The summed E-state index contributed by atoms with van der Waals surface area (Å²) in [5.74, 6) is -0.964. The fourth-order valence-corrected chi connectivity index (χ4v) is 3.84. The van der Waals surface area contributed by atoms with Crippen LogP contribution in [0.3, 0.4) is 0 Å². The van der Waals surface area contributed by atoms with Gasteiger partial charge in [0.05, 0.1) is 12.2 Å². The van der Waals surface area contributed by atoms with Gasteiger partial charge in [-0.1, -0.05) is 6.92 Å². The van der Waals surface area contributed by atoms with Crippen molar-refractivity contribution in [2.24, 2.45) is 17.6 Å². The Kier molecular flexibility index (Phi) is 3.88. The third-order valence-corrected chi connectivity index (χ3v) is 5.44. The second-order valence-corrected chi connectivity index (χ2v) is 7.45. The number of nitrogens with two attached hydrogens (primary N) is 1. The molecule has 0 saturated carbocycles. The van der Waals surface area contributed by atoms with Crippen molar-refractivity contribution in [2.75, 3.05) is 13.1 Å². The third kappa shape index (κ3) is 2.57. The van der Waals surface area contributed by atoms with E-state index in [2.05, 4.69) is 4.98 Å². The van der Waals surface area contributed by atoms with E-state index in [0.29, 0.717) is 6.54 Å². The van der Waals surface area contributed by atoms with Crippen LogP contribution in [0.25, 0.3) is 0 Å². The molecule has 1 fully saturated rings. The van der Waals surface area contributed by atoms with E-state index in [9.17, 15) is 13.2 Å². The van der Waals surface area contributed by atoms with Crippen LogP contribution in [-0.2, 0) is 14.8 Å². The quantitative estimate of drug-likeness (QED) is 0.859. The normalized spacial score (nSPS) is 24.4. The molecule has 7 nitrogen and oxygen atoms in total. The number of aromatic nitrogens is 2. The fourth-order valence-electron chi connectivity index (χ4n) is 2.35. The number of sulfonamides is 1. The van der Waals surface area contributed by atoms with Crippen molar-refractivity contribution in [2.45, 2.75) is 31.8 Å². The van der Waals surface area contributed by atoms with Gasteiger partial charge in [0.25, 0.3) is 10.0 Å². The number of hydrogen-bond acceptors (Lipinski definition) is 4. The maximum atomic E-state index is 12.5. The smallest absolute Gasteiger partial charge is 0.262 e. The molecule has 0 radical (unpaired) electrons. The summed E-state index contributed by atoms with van der Waals surface area (Å²) >= 11 is 0. The minimum absolute atomic E-state index is 0.0171. The monoisotopic (exact) mass is 300 g/mol. The fraction of sp³-hybridized carbons (Fsp3) is 0.667. The molecule has 0 aromatic carbocycles. The number of amides is 1. The van der Waals surface area contributed by atoms with Gasteiger partial charge in [-0.2, -0.15) is 4.31 Å². The third-order valence-electron chi connectivity index (χ3n) is 3.72. The molecule has 1 amide bonds. The van der Waals surface area contributed by atoms with Crippen LogP contribution in [0.5, 0.6) is 0 Å². The van der Waals surface area contributed by atoms with E-state index in [0.717, 1.165) is 0 Å². The maximum absolute atomic E-state index is 12.5. The largest absolute Gasteiger partial charge is 0.369 e. The van der Waals surface area contributed by atoms with Gasteiger partial charge in [0.2, 0.25) is 5.91 Å². The highest BCUT2D eigenvalue weighted by molar-refractivity contribution is 7.89. The standard InChI is InChI=1S/C12H20N4O3S/c1-8(2)15-6-11(14-7-15)20(18,19)16-4-9(3)10(5-16)12(13)17/h6-10H,4-5H2,1-3H3,(H2,13,17)/t9-,10-/m1/s1. The number of carbonyl (C=O) groups is 1. The molecule has 0 unspecified atom stereocenters. The van der Waals surface area contributed by atoms with Gasteiger partial charge in [-0.15, -0.1) is 0 Å². The van der Waals surface area contributed by atoms with Gasteiger partial charge in [-0.25, -0.2) is 13.4 Å². The molecule has 112 valence electrons. The van der Waals surface area contributed by atoms with Crippen molar-refractivity contribution < 1.29 is 13.2 Å². The molecule has 0 aliphatic carbocycles. The molecule has 1 aliphatic rings. The van der Waals surface area contributed by atoms with Gasteiger partial charge < -0.3 is 10.3 Å². The van der Waals surface area contributed by atoms with E-state index in [4.69, 9.17) is 5.73 Å². The van der Waals surface area contributed by atoms with Crippen LogP contribution >= 0.6 is 0 Å². The second kappa shape index (κ2) is 5.17. The van der Waals surface area contributed by atoms with Crippen molar-refractivity contribution in [3.05, 3.63) is 12.5 Å². The van der Waals surface area contributed by atoms with Crippen LogP contribution in [0.4, 0.5) is 0 Å². The van der Waals surface area contributed by atoms with Crippen molar-refractivity contribution in [3.63, 3.8) is 0 Å². The van der Waals surface area contributed by atoms with E-state index >= 15 is 0 Å². The number of imidazole rings is 1. The first-order chi connectivity index (χ1) is 9.23. The summed E-state index contributed by atoms with van der Waals surface area (Å²) in [4.78, 5) is 15.3. The average molecular weight is 300 g/mol. The highest BCUT2D eigenvalue weighted by Gasteiger charge is 2.40. The van der Waals surface area contributed by atoms with E-state index in [-0.39, 0.29) is 23.5 Å². The Hall–Kier alpha value is -1.41. The Morgan fingerprint density at radius 2 is 2.10 bits per heavy atom. The molecular weight excluding hydrogens is 280 g/mol. The summed E-state index contributed by atoms with van der Waals surface area (Å²) < 4.78 is 28.0. The number of primary amides is 1. The highest BCUT2D eigenvalue weighted by atomic mass is 32.2. The lowest BCUT2D eigenvalue weighted by Crippen LogP contribution is -2.32. The number of carbonyl (C=O) groups excluding carboxylic acids is 1. The van der Waals surface area contributed by atoms with Crippen LogP contribution in [-0.4, -0.2) is 41.3 Å². The van der Waals surface area contributed by atoms with Crippen LogP contribution in [0.15, 0.2) is 17.6 Å². The van der Waals surface area contributed by atoms with E-state index in [1.807, 2.05) is 20.8 Å². The van der Waals surface area contributed by atoms with Crippen molar-refractivity contribution in [1.82, 2.24) is 13.9 Å². The summed E-state index contributed by atoms with van der Waals surface area (Å²) in [6, 6.07) is 0.141. The molecule has 2 N–H and O–H groups in total. The summed E-state index contributed by atoms with van der Waals surface area (Å²) in [6.07, 6.45) is 3.02. The average Bonchev–Trinajstić information content (AvgIpc) is 2.94. The molecule has 1 saturated heterocycles. The van der Waals surface area contributed by atoms with Gasteiger partial charge in [0, 0.05) is 25.3 Å². The predicted octanol–water partition coefficient (Wildman–Crippen LogP) is 0.206. The zero-order valence-corrected chi connectivity index (χ0v) is 12.7. The van der Waals surface area contributed by atoms with Crippen LogP contribution in [0.1, 0.15) is 26.8 Å². The first kappa shape index (κ1) is 15.0. The number of rotatable bonds is 4. The summed E-state index contributed by atoms with van der Waals surface area (Å²) in [6.45, 7) is 6.15. The van der Waals surface area contributed by atoms with E-state index in [1.54, 1.807) is 4.57 Å². The van der Waals surface area contributed by atoms with Gasteiger partial charge in [-0.3, -0.25) is 4.79 Å². The lowest BCUT2D eigenvalue weighted by Gasteiger charge is -2.14. The Morgan fingerprint density at radius 3 is 2.55 bits per heavy atom. The highest BCUT2D eigenvalue weighted by Crippen LogP contribution is 2.27. The molecule has 2 heterocycles. The predicted molar refractivity (Wildman–Crippen MR) is 73.2 cm³/mol. The molecule has 8 heteroatoms. The van der Waals surface area contributed by atoms with Crippen LogP contribution in [0.2, 0.25) is 0 Å². The Labute approximate surface area is 118 Å². The van der Waals surface area contributed by atoms with E-state index in [1.165, 1.54) is 16.8 Å². The molecule has 2 rings (SSSR count). The molecule has 20 heavy (non-hydrogen) atoms. The van der Waals surface area contributed by atoms with Crippen LogP contribution < -0.4 is 5.73 Å². The molecule has 1 aliphatic heterocycles. The summed E-state index contributed by atoms with van der Waals surface area (Å²) in [5.41, 5.74) is 5.30. The molecule has 0 bridgehead atoms. The first-order valence-electron chi connectivity index (χ1n) is 6.56. The molecular formula is C12H20N4O3S. The number of hydrogen-bond donors (Lipinski definition) is 1. The molecule has 1 aromatic heterocycles. The van der Waals surface area contributed by atoms with Gasteiger partial charge in [-0.05, 0) is 19.8 Å². The second-order valence-electron chi connectivity index (χ2n) is 5.56. The Morgan fingerprint density at radius 1 is 1.45 bits per heavy atom. The minimum atomic E-state index is -3.66. The Balaban J connectivity index is 2.25. The lowest BCUT2D eigenvalue weighted by atomic mass is 9.98. The molecule has 1 aromatic rings. The first-order valence-corrected chi connectivity index (χ1v) is 8.00. The van der Waals surface area contributed by atoms with Crippen LogP contribution in [0, 0.1) is 11.8 Å². The summed E-state index contributed by atoms with van der Waals surface area (Å²) in [5, 5.41) is 0.0171. The zero-order valence-electron chi connectivity index (χ0n) is 11.9. The number of nitrogens with zero attached hydrogens (tertiary/aromatic N) is 3. The van der Waals surface area contributed by atoms with Crippen molar-refractivity contribution in [1.29, 1.82) is 0 Å². The molecule has 2 atom stereocenters. The Bertz CT molecular complexity index is 608. The lowest BCUT2D eigenvalue weighted by molar-refractivity contribution is -0.122. The molecule has 0 spiro atoms. The van der Waals surface area contributed by atoms with Crippen molar-refractivity contribution in [3.8, 4) is 0 Å². The van der Waals surface area contributed by atoms with Gasteiger partial charge in [0.1, 0.15) is 0 Å². The van der Waals surface area contributed by atoms with E-state index < -0.39 is 21.8 Å². The van der Waals surface area contributed by atoms with Crippen molar-refractivity contribution >= 4 is 15.9 Å². The minimum Gasteiger partial charge on any atom is -0.369 e. The topological polar surface area (TPSA) is 98.3 Å². The zero-order chi connectivity index (χ0) is 15.1. The SMILES string of the molecule is CC(C)n1cnc(S(=O)(=O)N2C[C@@H](C)[C@H](C(N)=O)C2)c1. The maximum Gasteiger partial charge on any atom is 0.262 e.